The molecule has 19 heavy (non-hydrogen) atoms. The third-order valence-corrected chi connectivity index (χ3v) is 3.14. The largest absolute Gasteiger partial charge is 0.390 e. The van der Waals surface area contributed by atoms with Crippen molar-refractivity contribution in [3.8, 4) is 0 Å². The van der Waals surface area contributed by atoms with Gasteiger partial charge in [-0.15, -0.1) is 11.6 Å². The van der Waals surface area contributed by atoms with Crippen LogP contribution in [0.25, 0.3) is 0 Å². The number of rotatable bonds is 6. The minimum absolute atomic E-state index is 0.0131. The van der Waals surface area contributed by atoms with Crippen molar-refractivity contribution in [3.05, 3.63) is 36.8 Å². The van der Waals surface area contributed by atoms with Crippen LogP contribution in [0.3, 0.4) is 0 Å². The predicted octanol–water partition coefficient (Wildman–Crippen LogP) is 2.28. The van der Waals surface area contributed by atoms with E-state index in [1.807, 2.05) is 0 Å². The van der Waals surface area contributed by atoms with Gasteiger partial charge < -0.3 is 10.4 Å². The number of nitrogens with one attached hydrogen (secondary N) is 1. The van der Waals surface area contributed by atoms with E-state index >= 15 is 0 Å². The van der Waals surface area contributed by atoms with Crippen LogP contribution in [0.5, 0.6) is 0 Å². The molecule has 0 aliphatic rings. The van der Waals surface area contributed by atoms with Crippen LogP contribution in [0.4, 0.5) is 17.1 Å². The summed E-state index contributed by atoms with van der Waals surface area (Å²) in [6, 6.07) is 1.99. The Balaban J connectivity index is 3.15. The highest BCUT2D eigenvalue weighted by molar-refractivity contribution is 9.10. The molecule has 0 aromatic heterocycles. The number of aliphatic hydroxyl groups is 1. The summed E-state index contributed by atoms with van der Waals surface area (Å²) in [5, 5.41) is 33.5. The maximum Gasteiger partial charge on any atom is 0.300 e. The van der Waals surface area contributed by atoms with Crippen molar-refractivity contribution in [3.63, 3.8) is 0 Å². The Morgan fingerprint density at radius 3 is 2.47 bits per heavy atom. The highest BCUT2D eigenvalue weighted by Gasteiger charge is 2.23. The second-order valence-corrected chi connectivity index (χ2v) is 4.69. The van der Waals surface area contributed by atoms with Crippen LogP contribution in [0.2, 0.25) is 0 Å². The molecule has 0 aliphatic carbocycles. The topological polar surface area (TPSA) is 119 Å². The molecule has 0 fully saturated rings. The van der Waals surface area contributed by atoms with Crippen LogP contribution in [0, 0.1) is 20.2 Å². The number of nitrogens with zero attached hydrogens (tertiary/aromatic N) is 2. The Morgan fingerprint density at radius 2 is 2.00 bits per heavy atom. The summed E-state index contributed by atoms with van der Waals surface area (Å²) in [4.78, 5) is 20.1. The zero-order valence-electron chi connectivity index (χ0n) is 9.38. The molecule has 1 aromatic rings. The first-order chi connectivity index (χ1) is 8.86. The van der Waals surface area contributed by atoms with Crippen molar-refractivity contribution in [2.24, 2.45) is 0 Å². The Hall–Kier alpha value is -1.45. The average Bonchev–Trinajstić information content (AvgIpc) is 2.35. The lowest BCUT2D eigenvalue weighted by Crippen LogP contribution is -2.21. The van der Waals surface area contributed by atoms with E-state index in [1.165, 1.54) is 0 Å². The van der Waals surface area contributed by atoms with Crippen molar-refractivity contribution in [2.45, 2.75) is 6.10 Å². The van der Waals surface area contributed by atoms with Gasteiger partial charge in [0, 0.05) is 12.6 Å². The van der Waals surface area contributed by atoms with Crippen LogP contribution in [-0.4, -0.2) is 33.5 Å². The number of nitro groups is 2. The number of benzene rings is 1. The van der Waals surface area contributed by atoms with Gasteiger partial charge in [-0.2, -0.15) is 0 Å². The van der Waals surface area contributed by atoms with Crippen molar-refractivity contribution in [1.29, 1.82) is 0 Å². The molecule has 0 saturated carbocycles. The van der Waals surface area contributed by atoms with Gasteiger partial charge in [0.15, 0.2) is 0 Å². The van der Waals surface area contributed by atoms with Gasteiger partial charge >= 0.3 is 0 Å². The molecular weight excluding hydrogens is 345 g/mol. The monoisotopic (exact) mass is 353 g/mol. The van der Waals surface area contributed by atoms with E-state index in [1.54, 1.807) is 0 Å². The molecule has 1 rings (SSSR count). The molecule has 1 unspecified atom stereocenters. The molecule has 10 heteroatoms. The molecule has 0 saturated heterocycles. The fraction of sp³-hybridized carbons (Fsp3) is 0.333. The summed E-state index contributed by atoms with van der Waals surface area (Å²) < 4.78 is 0.162. The number of nitro benzene ring substituents is 2. The van der Waals surface area contributed by atoms with E-state index in [0.717, 1.165) is 12.1 Å². The Morgan fingerprint density at radius 1 is 1.37 bits per heavy atom. The third-order valence-electron chi connectivity index (χ3n) is 2.15. The van der Waals surface area contributed by atoms with E-state index in [9.17, 15) is 25.3 Å². The van der Waals surface area contributed by atoms with Crippen LogP contribution < -0.4 is 5.32 Å². The summed E-state index contributed by atoms with van der Waals surface area (Å²) >= 11 is 8.42. The minimum atomic E-state index is -0.886. The zero-order valence-corrected chi connectivity index (χ0v) is 11.7. The lowest BCUT2D eigenvalue weighted by molar-refractivity contribution is -0.393. The van der Waals surface area contributed by atoms with Crippen LogP contribution in [-0.2, 0) is 0 Å². The smallest absolute Gasteiger partial charge is 0.300 e. The normalized spacial score (nSPS) is 11.9. The molecular formula is C9H9BrClN3O5. The van der Waals surface area contributed by atoms with E-state index in [-0.39, 0.29) is 22.6 Å². The van der Waals surface area contributed by atoms with Crippen molar-refractivity contribution < 1.29 is 15.0 Å². The number of anilines is 1. The highest BCUT2D eigenvalue weighted by atomic mass is 79.9. The molecule has 104 valence electrons. The van der Waals surface area contributed by atoms with Crippen molar-refractivity contribution in [1.82, 2.24) is 0 Å². The lowest BCUT2D eigenvalue weighted by atomic mass is 10.2. The van der Waals surface area contributed by atoms with Gasteiger partial charge in [0.25, 0.3) is 11.4 Å². The Bertz CT molecular complexity index is 513. The van der Waals surface area contributed by atoms with E-state index in [2.05, 4.69) is 21.2 Å². The second-order valence-electron chi connectivity index (χ2n) is 3.52. The van der Waals surface area contributed by atoms with Crippen LogP contribution >= 0.6 is 27.5 Å². The summed E-state index contributed by atoms with van der Waals surface area (Å²) in [6.07, 6.45) is -0.886. The molecule has 0 radical (unpaired) electrons. The van der Waals surface area contributed by atoms with Gasteiger partial charge in [0.05, 0.1) is 32.4 Å². The van der Waals surface area contributed by atoms with Crippen molar-refractivity contribution in [2.75, 3.05) is 17.7 Å². The first-order valence-corrected chi connectivity index (χ1v) is 6.29. The number of hydrogen-bond acceptors (Lipinski definition) is 6. The number of alkyl halides is 1. The number of hydrogen-bond donors (Lipinski definition) is 2. The fourth-order valence-corrected chi connectivity index (χ4v) is 1.96. The zero-order chi connectivity index (χ0) is 14.6. The van der Waals surface area contributed by atoms with Gasteiger partial charge in [-0.3, -0.25) is 20.2 Å². The molecule has 2 N–H and O–H groups in total. The van der Waals surface area contributed by atoms with Crippen molar-refractivity contribution >= 4 is 44.6 Å². The quantitative estimate of drug-likeness (QED) is 0.459. The van der Waals surface area contributed by atoms with E-state index < -0.39 is 27.3 Å². The fourth-order valence-electron chi connectivity index (χ4n) is 1.28. The summed E-state index contributed by atoms with van der Waals surface area (Å²) in [5.41, 5.74) is -0.801. The molecule has 1 atom stereocenters. The minimum Gasteiger partial charge on any atom is -0.390 e. The molecule has 0 heterocycles. The Labute approximate surface area is 120 Å². The molecule has 0 bridgehead atoms. The molecule has 0 amide bonds. The van der Waals surface area contributed by atoms with Crippen LogP contribution in [0.1, 0.15) is 0 Å². The van der Waals surface area contributed by atoms with E-state index in [4.69, 9.17) is 11.6 Å². The first-order valence-electron chi connectivity index (χ1n) is 4.97. The van der Waals surface area contributed by atoms with Gasteiger partial charge in [0.2, 0.25) is 0 Å². The first kappa shape index (κ1) is 15.6. The number of aliphatic hydroxyl groups excluding tert-OH is 1. The molecule has 8 nitrogen and oxygen atoms in total. The number of non-ortho nitro benzene ring substituents is 1. The highest BCUT2D eigenvalue weighted by Crippen LogP contribution is 2.36. The second kappa shape index (κ2) is 6.64. The van der Waals surface area contributed by atoms with Crippen LogP contribution in [0.15, 0.2) is 16.6 Å². The standard InChI is InChI=1S/C9H9BrClN3O5/c10-7-1-5(13(16)17)2-8(14(18)19)9(7)12-4-6(15)3-11/h1-2,6,12,15H,3-4H2. The maximum absolute atomic E-state index is 10.9. The summed E-state index contributed by atoms with van der Waals surface area (Å²) in [6.45, 7) is -0.0131. The summed E-state index contributed by atoms with van der Waals surface area (Å²) in [5.74, 6) is -0.0363. The third kappa shape index (κ3) is 4.01. The predicted molar refractivity (Wildman–Crippen MR) is 72.7 cm³/mol. The molecule has 1 aromatic carbocycles. The SMILES string of the molecule is O=[N+]([O-])c1cc(Br)c(NCC(O)CCl)c([N+](=O)[O-])c1. The molecule has 0 spiro atoms. The lowest BCUT2D eigenvalue weighted by Gasteiger charge is -2.11. The average molecular weight is 355 g/mol. The van der Waals surface area contributed by atoms with Gasteiger partial charge in [-0.1, -0.05) is 0 Å². The van der Waals surface area contributed by atoms with Gasteiger partial charge in [-0.25, -0.2) is 0 Å². The van der Waals surface area contributed by atoms with E-state index in [0.29, 0.717) is 0 Å². The summed E-state index contributed by atoms with van der Waals surface area (Å²) in [7, 11) is 0. The maximum atomic E-state index is 10.9. The molecule has 0 aliphatic heterocycles. The van der Waals surface area contributed by atoms with Gasteiger partial charge in [0.1, 0.15) is 5.69 Å². The number of halogens is 2. The van der Waals surface area contributed by atoms with Gasteiger partial charge in [-0.05, 0) is 15.9 Å². The Kier molecular flexibility index (Phi) is 5.45.